The molecule has 0 radical (unpaired) electrons. The van der Waals surface area contributed by atoms with Crippen LogP contribution in [0.4, 0.5) is 8.78 Å². The molecule has 8 heteroatoms. The van der Waals surface area contributed by atoms with Crippen molar-refractivity contribution in [1.82, 2.24) is 10.2 Å². The molecule has 0 spiro atoms. The van der Waals surface area contributed by atoms with Crippen molar-refractivity contribution in [3.05, 3.63) is 125 Å². The topological polar surface area (TPSA) is 67.9 Å². The number of hydrogen-bond acceptors (Lipinski definition) is 5. The molecule has 1 saturated carbocycles. The van der Waals surface area contributed by atoms with Gasteiger partial charge in [0.05, 0.1) is 13.7 Å². The molecule has 1 saturated heterocycles. The number of methoxy groups -OCH3 is 1. The van der Waals surface area contributed by atoms with Crippen LogP contribution >= 0.6 is 0 Å². The van der Waals surface area contributed by atoms with E-state index in [1.54, 1.807) is 6.07 Å². The lowest BCUT2D eigenvalue weighted by Gasteiger charge is -2.36. The molecule has 2 aliphatic rings. The molecular formula is C38H38F2N2O4. The maximum absolute atomic E-state index is 15.0. The molecule has 1 heterocycles. The molecule has 6 rings (SSSR count). The minimum atomic E-state index is -0.838. The van der Waals surface area contributed by atoms with Crippen LogP contribution in [-0.2, 0) is 22.6 Å². The van der Waals surface area contributed by atoms with Crippen molar-refractivity contribution in [2.24, 2.45) is 11.8 Å². The summed E-state index contributed by atoms with van der Waals surface area (Å²) in [5.41, 5.74) is 3.24. The first-order chi connectivity index (χ1) is 22.4. The van der Waals surface area contributed by atoms with E-state index < -0.39 is 17.6 Å². The van der Waals surface area contributed by atoms with Crippen LogP contribution in [0.1, 0.15) is 58.8 Å². The monoisotopic (exact) mass is 624 g/mol. The number of halogens is 2. The number of ether oxygens (including phenoxy) is 2. The molecule has 3 atom stereocenters. The second kappa shape index (κ2) is 14.3. The van der Waals surface area contributed by atoms with E-state index in [2.05, 4.69) is 52.7 Å². The second-order valence-electron chi connectivity index (χ2n) is 12.1. The van der Waals surface area contributed by atoms with Gasteiger partial charge in [-0.05, 0) is 72.3 Å². The lowest BCUT2D eigenvalue weighted by Crippen LogP contribution is -2.32. The number of esters is 1. The maximum atomic E-state index is 15.0. The van der Waals surface area contributed by atoms with Crippen molar-refractivity contribution in [3.63, 3.8) is 0 Å². The van der Waals surface area contributed by atoms with E-state index in [0.29, 0.717) is 23.8 Å². The highest BCUT2D eigenvalue weighted by molar-refractivity contribution is 5.97. The molecule has 0 bridgehead atoms. The van der Waals surface area contributed by atoms with Crippen molar-refractivity contribution < 1.29 is 27.8 Å². The number of carbonyl (C=O) groups excluding carboxylic acids is 2. The van der Waals surface area contributed by atoms with Gasteiger partial charge in [0.15, 0.2) is 0 Å². The molecule has 2 fully saturated rings. The summed E-state index contributed by atoms with van der Waals surface area (Å²) < 4.78 is 40.0. The van der Waals surface area contributed by atoms with E-state index in [1.807, 2.05) is 12.1 Å². The fourth-order valence-corrected chi connectivity index (χ4v) is 6.36. The minimum absolute atomic E-state index is 0.0195. The highest BCUT2D eigenvalue weighted by Gasteiger charge is 2.43. The van der Waals surface area contributed by atoms with Gasteiger partial charge in [-0.15, -0.1) is 0 Å². The van der Waals surface area contributed by atoms with E-state index in [0.717, 1.165) is 38.4 Å². The summed E-state index contributed by atoms with van der Waals surface area (Å²) in [6.45, 7) is 2.45. The summed E-state index contributed by atoms with van der Waals surface area (Å²) in [6, 6.07) is 27.9. The van der Waals surface area contributed by atoms with Crippen LogP contribution < -0.4 is 10.1 Å². The number of piperidine rings is 1. The smallest absolute Gasteiger partial charge is 0.341 e. The van der Waals surface area contributed by atoms with Crippen molar-refractivity contribution in [2.75, 3.05) is 20.3 Å². The molecule has 1 N–H and O–H groups in total. The first-order valence-corrected chi connectivity index (χ1v) is 15.9. The molecule has 238 valence electrons. The van der Waals surface area contributed by atoms with Gasteiger partial charge in [-0.2, -0.15) is 0 Å². The second-order valence-corrected chi connectivity index (χ2v) is 12.1. The van der Waals surface area contributed by atoms with Crippen LogP contribution in [0.25, 0.3) is 11.1 Å². The van der Waals surface area contributed by atoms with Crippen LogP contribution in [0.3, 0.4) is 0 Å². The van der Waals surface area contributed by atoms with Crippen molar-refractivity contribution in [1.29, 1.82) is 0 Å². The van der Waals surface area contributed by atoms with Crippen LogP contribution in [0.5, 0.6) is 5.75 Å². The SMILES string of the molecule is COC(=O)c1c(F)cccc1-c1ccc(CNC(=O)C2CC2COc2ccc(CN3CCCCC3c3ccccc3)cc2)c(F)c1. The number of likely N-dealkylation sites (tertiary alicyclic amines) is 1. The summed E-state index contributed by atoms with van der Waals surface area (Å²) >= 11 is 0. The Kier molecular flexibility index (Phi) is 9.73. The summed E-state index contributed by atoms with van der Waals surface area (Å²) in [4.78, 5) is 27.4. The van der Waals surface area contributed by atoms with Crippen molar-refractivity contribution in [2.45, 2.75) is 44.8 Å². The third kappa shape index (κ3) is 7.29. The molecule has 3 unspecified atom stereocenters. The largest absolute Gasteiger partial charge is 0.493 e. The van der Waals surface area contributed by atoms with E-state index in [4.69, 9.17) is 9.47 Å². The van der Waals surface area contributed by atoms with Gasteiger partial charge >= 0.3 is 5.97 Å². The quantitative estimate of drug-likeness (QED) is 0.175. The Morgan fingerprint density at radius 2 is 1.72 bits per heavy atom. The summed E-state index contributed by atoms with van der Waals surface area (Å²) in [5, 5.41) is 2.83. The molecule has 46 heavy (non-hydrogen) atoms. The predicted octanol–water partition coefficient (Wildman–Crippen LogP) is 7.48. The van der Waals surface area contributed by atoms with Crippen LogP contribution in [0.15, 0.2) is 91.0 Å². The van der Waals surface area contributed by atoms with Gasteiger partial charge in [-0.1, -0.05) is 73.2 Å². The minimum Gasteiger partial charge on any atom is -0.493 e. The Bertz CT molecular complexity index is 1680. The predicted molar refractivity (Wildman–Crippen MR) is 172 cm³/mol. The lowest BCUT2D eigenvalue weighted by molar-refractivity contribution is -0.122. The Morgan fingerprint density at radius 3 is 2.48 bits per heavy atom. The van der Waals surface area contributed by atoms with E-state index >= 15 is 0 Å². The number of benzene rings is 4. The number of amides is 1. The summed E-state index contributed by atoms with van der Waals surface area (Å²) in [5.74, 6) is -1.57. The zero-order valence-electron chi connectivity index (χ0n) is 25.9. The van der Waals surface area contributed by atoms with Gasteiger partial charge in [0.25, 0.3) is 0 Å². The number of hydrogen-bond donors (Lipinski definition) is 1. The summed E-state index contributed by atoms with van der Waals surface area (Å²) in [6.07, 6.45) is 4.37. The molecule has 1 amide bonds. The number of nitrogens with zero attached hydrogens (tertiary/aromatic N) is 1. The zero-order chi connectivity index (χ0) is 32.0. The highest BCUT2D eigenvalue weighted by atomic mass is 19.1. The molecular weight excluding hydrogens is 586 g/mol. The Morgan fingerprint density at radius 1 is 0.913 bits per heavy atom. The van der Waals surface area contributed by atoms with E-state index in [1.165, 1.54) is 54.7 Å². The van der Waals surface area contributed by atoms with Gasteiger partial charge in [0, 0.05) is 36.5 Å². The van der Waals surface area contributed by atoms with Gasteiger partial charge < -0.3 is 14.8 Å². The molecule has 0 aromatic heterocycles. The van der Waals surface area contributed by atoms with Crippen LogP contribution in [-0.4, -0.2) is 37.0 Å². The average Bonchev–Trinajstić information content (AvgIpc) is 3.87. The fraction of sp³-hybridized carbons (Fsp3) is 0.316. The van der Waals surface area contributed by atoms with Crippen molar-refractivity contribution in [3.8, 4) is 16.9 Å². The fourth-order valence-electron chi connectivity index (χ4n) is 6.36. The highest BCUT2D eigenvalue weighted by Crippen LogP contribution is 2.39. The Balaban J connectivity index is 0.972. The van der Waals surface area contributed by atoms with Gasteiger partial charge in [0.1, 0.15) is 22.9 Å². The van der Waals surface area contributed by atoms with Gasteiger partial charge in [-0.25, -0.2) is 13.6 Å². The Hall–Kier alpha value is -4.56. The molecule has 1 aliphatic carbocycles. The first kappa shape index (κ1) is 31.4. The normalized spacial score (nSPS) is 19.3. The third-order valence-corrected chi connectivity index (χ3v) is 9.05. The lowest BCUT2D eigenvalue weighted by atomic mass is 9.95. The summed E-state index contributed by atoms with van der Waals surface area (Å²) in [7, 11) is 1.16. The van der Waals surface area contributed by atoms with Crippen molar-refractivity contribution >= 4 is 11.9 Å². The zero-order valence-corrected chi connectivity index (χ0v) is 25.9. The molecule has 1 aliphatic heterocycles. The Labute approximate surface area is 268 Å². The van der Waals surface area contributed by atoms with E-state index in [-0.39, 0.29) is 35.4 Å². The van der Waals surface area contributed by atoms with Gasteiger partial charge in [0.2, 0.25) is 5.91 Å². The van der Waals surface area contributed by atoms with Gasteiger partial charge in [-0.3, -0.25) is 9.69 Å². The molecule has 4 aromatic rings. The number of carbonyl (C=O) groups is 2. The molecule has 4 aromatic carbocycles. The third-order valence-electron chi connectivity index (χ3n) is 9.05. The maximum Gasteiger partial charge on any atom is 0.341 e. The molecule has 6 nitrogen and oxygen atoms in total. The first-order valence-electron chi connectivity index (χ1n) is 15.9. The standard InChI is InChI=1S/C38H38F2N2O4/c1-45-38(44)36-31(10-7-11-33(36)39)27-15-16-28(34(40)21-27)22-41-37(43)32-20-29(32)24-46-30-17-13-25(14-18-30)23-42-19-6-5-12-35(42)26-8-3-2-4-9-26/h2-4,7-11,13-18,21,29,32,35H,5-6,12,19-20,22-24H2,1H3,(H,41,43). The number of rotatable bonds is 11. The average molecular weight is 625 g/mol. The van der Waals surface area contributed by atoms with Crippen LogP contribution in [0.2, 0.25) is 0 Å². The van der Waals surface area contributed by atoms with E-state index in [9.17, 15) is 18.4 Å². The van der Waals surface area contributed by atoms with Crippen LogP contribution in [0, 0.1) is 23.5 Å². The number of nitrogens with one attached hydrogen (secondary N) is 1.